The number of imidazole rings is 1. The molecule has 2 aliphatic rings. The molecule has 4 aromatic rings. The largest absolute Gasteiger partial charge is 0.496 e. The topological polar surface area (TPSA) is 78.1 Å². The van der Waals surface area contributed by atoms with Gasteiger partial charge in [0.1, 0.15) is 23.8 Å². The summed E-state index contributed by atoms with van der Waals surface area (Å²) in [7, 11) is 1.71. The van der Waals surface area contributed by atoms with Crippen molar-refractivity contribution < 1.29 is 9.53 Å². The molecule has 2 aromatic heterocycles. The molecule has 35 heavy (non-hydrogen) atoms. The Morgan fingerprint density at radius 3 is 2.80 bits per heavy atom. The SMILES string of the molecule is COc1cccc2c1CC(C(=O)N1CCC(c3nccn3Cn3nnc4ccccc43)CC1)CC2. The molecule has 1 saturated heterocycles. The summed E-state index contributed by atoms with van der Waals surface area (Å²) in [5, 5.41) is 8.60. The number of para-hydroxylation sites is 1. The van der Waals surface area contributed by atoms with Crippen LogP contribution in [0.3, 0.4) is 0 Å². The highest BCUT2D eigenvalue weighted by molar-refractivity contribution is 5.80. The fourth-order valence-corrected chi connectivity index (χ4v) is 5.74. The predicted molar refractivity (Wildman–Crippen MR) is 132 cm³/mol. The molecule has 1 fully saturated rings. The minimum atomic E-state index is 0.0398. The number of rotatable bonds is 5. The van der Waals surface area contributed by atoms with Crippen LogP contribution in [0.15, 0.2) is 54.9 Å². The maximum absolute atomic E-state index is 13.4. The van der Waals surface area contributed by atoms with Gasteiger partial charge in [-0.25, -0.2) is 9.67 Å². The second-order valence-corrected chi connectivity index (χ2v) is 9.61. The van der Waals surface area contributed by atoms with Crippen LogP contribution in [0.2, 0.25) is 0 Å². The molecule has 0 radical (unpaired) electrons. The highest BCUT2D eigenvalue weighted by Gasteiger charge is 2.33. The van der Waals surface area contributed by atoms with E-state index in [9.17, 15) is 4.79 Å². The van der Waals surface area contributed by atoms with Gasteiger partial charge in [-0.2, -0.15) is 0 Å². The summed E-state index contributed by atoms with van der Waals surface area (Å²) in [4.78, 5) is 20.2. The minimum absolute atomic E-state index is 0.0398. The van der Waals surface area contributed by atoms with Crippen LogP contribution in [0.4, 0.5) is 0 Å². The van der Waals surface area contributed by atoms with Crippen molar-refractivity contribution in [1.82, 2.24) is 29.4 Å². The van der Waals surface area contributed by atoms with Crippen LogP contribution in [-0.2, 0) is 24.3 Å². The number of carbonyl (C=O) groups excluding carboxylic acids is 1. The molecule has 180 valence electrons. The van der Waals surface area contributed by atoms with E-state index in [0.717, 1.165) is 67.8 Å². The van der Waals surface area contributed by atoms with E-state index in [1.807, 2.05) is 53.5 Å². The van der Waals surface area contributed by atoms with Crippen molar-refractivity contribution in [1.29, 1.82) is 0 Å². The molecule has 0 bridgehead atoms. The van der Waals surface area contributed by atoms with Crippen molar-refractivity contribution in [3.05, 3.63) is 71.8 Å². The third-order valence-electron chi connectivity index (χ3n) is 7.64. The molecule has 0 spiro atoms. The van der Waals surface area contributed by atoms with Crippen molar-refractivity contribution in [2.24, 2.45) is 5.92 Å². The van der Waals surface area contributed by atoms with E-state index in [-0.39, 0.29) is 11.8 Å². The van der Waals surface area contributed by atoms with Gasteiger partial charge >= 0.3 is 0 Å². The molecule has 8 heteroatoms. The van der Waals surface area contributed by atoms with Crippen LogP contribution in [0.5, 0.6) is 5.75 Å². The minimum Gasteiger partial charge on any atom is -0.496 e. The quantitative estimate of drug-likeness (QED) is 0.445. The summed E-state index contributed by atoms with van der Waals surface area (Å²) in [5.41, 5.74) is 4.43. The van der Waals surface area contributed by atoms with Gasteiger partial charge in [0.15, 0.2) is 0 Å². The van der Waals surface area contributed by atoms with Crippen LogP contribution < -0.4 is 4.74 Å². The highest BCUT2D eigenvalue weighted by Crippen LogP contribution is 2.34. The Labute approximate surface area is 204 Å². The summed E-state index contributed by atoms with van der Waals surface area (Å²) in [6.07, 6.45) is 8.34. The van der Waals surface area contributed by atoms with Gasteiger partial charge in [-0.15, -0.1) is 5.10 Å². The van der Waals surface area contributed by atoms with Gasteiger partial charge in [-0.1, -0.05) is 29.5 Å². The number of likely N-dealkylation sites (tertiary alicyclic amines) is 1. The normalized spacial score (nSPS) is 18.5. The van der Waals surface area contributed by atoms with E-state index in [1.54, 1.807) is 7.11 Å². The lowest BCUT2D eigenvalue weighted by atomic mass is 9.82. The molecule has 3 heterocycles. The molecule has 2 aromatic carbocycles. The molecular weight excluding hydrogens is 440 g/mol. The second-order valence-electron chi connectivity index (χ2n) is 9.61. The Morgan fingerprint density at radius 1 is 1.09 bits per heavy atom. The Hall–Kier alpha value is -3.68. The summed E-state index contributed by atoms with van der Waals surface area (Å²) in [5.74, 6) is 2.63. The van der Waals surface area contributed by atoms with E-state index in [4.69, 9.17) is 4.74 Å². The number of methoxy groups -OCH3 is 1. The Morgan fingerprint density at radius 2 is 1.94 bits per heavy atom. The summed E-state index contributed by atoms with van der Waals surface area (Å²) >= 11 is 0. The average molecular weight is 471 g/mol. The lowest BCUT2D eigenvalue weighted by Crippen LogP contribution is -2.43. The van der Waals surface area contributed by atoms with Gasteiger partial charge in [0, 0.05) is 37.3 Å². The standard InChI is InChI=1S/C27H30N6O2/c1-35-25-8-4-5-19-9-10-21(17-22(19)25)27(34)31-14-11-20(12-15-31)26-28-13-16-32(26)18-33-24-7-3-2-6-23(24)29-30-33/h2-8,13,16,20-21H,9-12,14-15,17-18H2,1H3. The Balaban J connectivity index is 1.11. The second kappa shape index (κ2) is 9.17. The van der Waals surface area contributed by atoms with Crippen LogP contribution in [0, 0.1) is 5.92 Å². The number of nitrogens with zero attached hydrogens (tertiary/aromatic N) is 6. The molecule has 6 rings (SSSR count). The van der Waals surface area contributed by atoms with Crippen LogP contribution in [-0.4, -0.2) is 55.6 Å². The van der Waals surface area contributed by atoms with Crippen LogP contribution in [0.25, 0.3) is 11.0 Å². The Bertz CT molecular complexity index is 1340. The average Bonchev–Trinajstić information content (AvgIpc) is 3.55. The number of hydrogen-bond donors (Lipinski definition) is 0. The van der Waals surface area contributed by atoms with Gasteiger partial charge in [0.2, 0.25) is 5.91 Å². The van der Waals surface area contributed by atoms with E-state index >= 15 is 0 Å². The number of aryl methyl sites for hydroxylation is 1. The van der Waals surface area contributed by atoms with E-state index < -0.39 is 0 Å². The first-order valence-electron chi connectivity index (χ1n) is 12.4. The number of ether oxygens (including phenoxy) is 1. The summed E-state index contributed by atoms with van der Waals surface area (Å²) in [6.45, 7) is 2.13. The summed E-state index contributed by atoms with van der Waals surface area (Å²) in [6, 6.07) is 14.2. The molecule has 0 N–H and O–H groups in total. The first-order valence-corrected chi connectivity index (χ1v) is 12.4. The fourth-order valence-electron chi connectivity index (χ4n) is 5.74. The van der Waals surface area contributed by atoms with Crippen molar-refractivity contribution in [3.8, 4) is 5.75 Å². The third kappa shape index (κ3) is 4.07. The Kier molecular flexibility index (Phi) is 5.72. The van der Waals surface area contributed by atoms with Crippen molar-refractivity contribution in [2.45, 2.75) is 44.7 Å². The van der Waals surface area contributed by atoms with Gasteiger partial charge in [-0.3, -0.25) is 4.79 Å². The number of aromatic nitrogens is 5. The van der Waals surface area contributed by atoms with Crippen LogP contribution in [0.1, 0.15) is 42.1 Å². The van der Waals surface area contributed by atoms with E-state index in [0.29, 0.717) is 12.6 Å². The van der Waals surface area contributed by atoms with Gasteiger partial charge in [0.05, 0.1) is 12.6 Å². The molecule has 1 aliphatic heterocycles. The van der Waals surface area contributed by atoms with Gasteiger partial charge in [0.25, 0.3) is 0 Å². The first-order chi connectivity index (χ1) is 17.2. The molecular formula is C27H30N6O2. The van der Waals surface area contributed by atoms with Crippen molar-refractivity contribution in [3.63, 3.8) is 0 Å². The molecule has 8 nitrogen and oxygen atoms in total. The number of benzene rings is 2. The number of piperidine rings is 1. The smallest absolute Gasteiger partial charge is 0.226 e. The van der Waals surface area contributed by atoms with Gasteiger partial charge in [-0.05, 0) is 61.4 Å². The molecule has 1 atom stereocenters. The number of fused-ring (bicyclic) bond motifs is 2. The number of hydrogen-bond acceptors (Lipinski definition) is 5. The molecule has 1 unspecified atom stereocenters. The maximum atomic E-state index is 13.4. The monoisotopic (exact) mass is 470 g/mol. The van der Waals surface area contributed by atoms with Crippen molar-refractivity contribution >= 4 is 16.9 Å². The first kappa shape index (κ1) is 21.8. The molecule has 1 aliphatic carbocycles. The zero-order chi connectivity index (χ0) is 23.8. The molecule has 0 saturated carbocycles. The summed E-state index contributed by atoms with van der Waals surface area (Å²) < 4.78 is 9.64. The lowest BCUT2D eigenvalue weighted by Gasteiger charge is -2.35. The van der Waals surface area contributed by atoms with Crippen LogP contribution >= 0.6 is 0 Å². The maximum Gasteiger partial charge on any atom is 0.226 e. The lowest BCUT2D eigenvalue weighted by molar-refractivity contribution is -0.137. The van der Waals surface area contributed by atoms with E-state index in [2.05, 4.69) is 30.8 Å². The predicted octanol–water partition coefficient (Wildman–Crippen LogP) is 3.65. The number of carbonyl (C=O) groups is 1. The zero-order valence-corrected chi connectivity index (χ0v) is 20.0. The number of amides is 1. The highest BCUT2D eigenvalue weighted by atomic mass is 16.5. The third-order valence-corrected chi connectivity index (χ3v) is 7.64. The van der Waals surface area contributed by atoms with Gasteiger partial charge < -0.3 is 14.2 Å². The molecule has 1 amide bonds. The van der Waals surface area contributed by atoms with E-state index in [1.165, 1.54) is 11.1 Å². The zero-order valence-electron chi connectivity index (χ0n) is 20.0. The fraction of sp³-hybridized carbons (Fsp3) is 0.407. The van der Waals surface area contributed by atoms with Crippen molar-refractivity contribution in [2.75, 3.05) is 20.2 Å².